The van der Waals surface area contributed by atoms with E-state index < -0.39 is 6.10 Å². The number of piperazine rings is 1. The minimum atomic E-state index is -0.395. The van der Waals surface area contributed by atoms with Crippen LogP contribution in [0.3, 0.4) is 0 Å². The molecule has 0 radical (unpaired) electrons. The quantitative estimate of drug-likeness (QED) is 0.290. The average molecular weight is 542 g/mol. The van der Waals surface area contributed by atoms with Gasteiger partial charge in [0.05, 0.1) is 27.8 Å². The first-order valence-corrected chi connectivity index (χ1v) is 14.4. The number of rotatable bonds is 10. The van der Waals surface area contributed by atoms with Crippen LogP contribution < -0.4 is 19.3 Å². The number of nitrogens with zero attached hydrogens (tertiary/aromatic N) is 1. The van der Waals surface area contributed by atoms with E-state index in [1.54, 1.807) is 19.1 Å². The Balaban J connectivity index is 1.57. The van der Waals surface area contributed by atoms with Gasteiger partial charge in [0.1, 0.15) is 50.3 Å². The molecular weight excluding hydrogens is 498 g/mol. The molecule has 1 atom stereocenters. The number of hydrogen-bond acceptors (Lipinski definition) is 3. The third-order valence-corrected chi connectivity index (χ3v) is 8.27. The molecule has 40 heavy (non-hydrogen) atoms. The summed E-state index contributed by atoms with van der Waals surface area (Å²) in [5.41, 5.74) is 7.11. The molecule has 1 aliphatic rings. The predicted molar refractivity (Wildman–Crippen MR) is 162 cm³/mol. The molecule has 0 unspecified atom stereocenters. The van der Waals surface area contributed by atoms with Crippen molar-refractivity contribution in [3.8, 4) is 11.5 Å². The molecule has 2 heterocycles. The summed E-state index contributed by atoms with van der Waals surface area (Å²) in [7, 11) is 5.65. The number of methoxy groups -OCH3 is 2. The lowest BCUT2D eigenvalue weighted by atomic mass is 9.88. The summed E-state index contributed by atoms with van der Waals surface area (Å²) < 4.78 is 13.2. The van der Waals surface area contributed by atoms with E-state index in [4.69, 9.17) is 9.47 Å². The molecular formula is C34H43N3O3+2. The van der Waals surface area contributed by atoms with E-state index >= 15 is 0 Å². The predicted octanol–water partition coefficient (Wildman–Crippen LogP) is 2.80. The van der Waals surface area contributed by atoms with Gasteiger partial charge in [-0.15, -0.1) is 0 Å². The van der Waals surface area contributed by atoms with Crippen molar-refractivity contribution in [1.82, 2.24) is 4.57 Å². The Morgan fingerprint density at radius 1 is 0.850 bits per heavy atom. The fraction of sp³-hybridized carbons (Fsp3) is 0.353. The van der Waals surface area contributed by atoms with Crippen molar-refractivity contribution in [3.05, 3.63) is 95.7 Å². The zero-order valence-corrected chi connectivity index (χ0v) is 24.2. The van der Waals surface area contributed by atoms with Crippen LogP contribution in [0.2, 0.25) is 0 Å². The Morgan fingerprint density at radius 2 is 1.43 bits per heavy atom. The maximum Gasteiger partial charge on any atom is 0.127 e. The lowest BCUT2D eigenvalue weighted by Gasteiger charge is -2.28. The summed E-state index contributed by atoms with van der Waals surface area (Å²) in [6.45, 7) is 8.18. The van der Waals surface area contributed by atoms with Crippen LogP contribution in [0.25, 0.3) is 22.0 Å². The number of hydrogen-bond donors (Lipinski definition) is 3. The van der Waals surface area contributed by atoms with Crippen molar-refractivity contribution < 1.29 is 24.4 Å². The molecule has 0 saturated carbocycles. The zero-order chi connectivity index (χ0) is 28.1. The maximum atomic E-state index is 11.2. The average Bonchev–Trinajstić information content (AvgIpc) is 3.35. The molecule has 4 aromatic rings. The van der Waals surface area contributed by atoms with Crippen LogP contribution in [0.15, 0.2) is 79.0 Å². The first-order chi connectivity index (χ1) is 19.5. The number of aromatic nitrogens is 1. The molecule has 5 rings (SSSR count). The second-order valence-electron chi connectivity index (χ2n) is 10.9. The number of aliphatic hydroxyl groups excluding tert-OH is 1. The van der Waals surface area contributed by atoms with Gasteiger partial charge in [-0.25, -0.2) is 0 Å². The molecule has 6 heteroatoms. The third kappa shape index (κ3) is 6.09. The summed E-state index contributed by atoms with van der Waals surface area (Å²) in [4.78, 5) is 3.09. The van der Waals surface area contributed by atoms with Crippen LogP contribution in [0.1, 0.15) is 30.0 Å². The van der Waals surface area contributed by atoms with E-state index in [1.165, 1.54) is 40.1 Å². The third-order valence-electron chi connectivity index (χ3n) is 8.27. The van der Waals surface area contributed by atoms with Gasteiger partial charge in [-0.2, -0.15) is 0 Å². The van der Waals surface area contributed by atoms with Crippen molar-refractivity contribution in [2.24, 2.45) is 0 Å². The van der Waals surface area contributed by atoms with E-state index in [0.29, 0.717) is 6.54 Å². The van der Waals surface area contributed by atoms with Crippen LogP contribution in [0, 0.1) is 0 Å². The normalized spacial score (nSPS) is 17.9. The lowest BCUT2D eigenvalue weighted by Crippen LogP contribution is -3.27. The van der Waals surface area contributed by atoms with Gasteiger partial charge in [0, 0.05) is 22.7 Å². The van der Waals surface area contributed by atoms with Gasteiger partial charge in [0.25, 0.3) is 0 Å². The minimum absolute atomic E-state index is 0.395. The number of para-hydroxylation sites is 1. The smallest absolute Gasteiger partial charge is 0.127 e. The highest BCUT2D eigenvalue weighted by Gasteiger charge is 2.24. The van der Waals surface area contributed by atoms with Gasteiger partial charge in [-0.1, -0.05) is 49.4 Å². The van der Waals surface area contributed by atoms with Crippen LogP contribution in [0.5, 0.6) is 11.5 Å². The van der Waals surface area contributed by atoms with Gasteiger partial charge in [0.2, 0.25) is 0 Å². The van der Waals surface area contributed by atoms with Crippen molar-refractivity contribution in [2.45, 2.75) is 26.0 Å². The Labute approximate surface area is 238 Å². The number of likely N-dealkylation sites (N-methyl/N-ethyl adjacent to an activating group) is 1. The molecule has 0 bridgehead atoms. The Bertz CT molecular complexity index is 1380. The summed E-state index contributed by atoms with van der Waals surface area (Å²) in [5.74, 6) is 1.68. The standard InChI is InChI=1S/C34H41N3O3/c1-5-30(34(25-10-14-28(39-3)15-11-25)26-12-16-29(40-4)17-13-26)32-24-37(33-9-7-6-8-31(32)33)23-27(38)22-36-20-18-35(2)19-21-36/h6-17,24,27,38H,5,18-23H2,1-4H3/p+2/t27-/m1/s1. The fourth-order valence-corrected chi connectivity index (χ4v) is 6.03. The minimum Gasteiger partial charge on any atom is -0.497 e. The maximum absolute atomic E-state index is 11.2. The van der Waals surface area contributed by atoms with Gasteiger partial charge in [0.15, 0.2) is 0 Å². The molecule has 3 aromatic carbocycles. The second kappa shape index (κ2) is 12.7. The van der Waals surface area contributed by atoms with Crippen LogP contribution in [-0.2, 0) is 6.54 Å². The highest BCUT2D eigenvalue weighted by Crippen LogP contribution is 2.39. The Hall–Kier alpha value is -3.58. The molecule has 210 valence electrons. The van der Waals surface area contributed by atoms with Gasteiger partial charge in [-0.05, 0) is 59.0 Å². The highest BCUT2D eigenvalue weighted by atomic mass is 16.5. The highest BCUT2D eigenvalue weighted by molar-refractivity contribution is 6.05. The first-order valence-electron chi connectivity index (χ1n) is 14.4. The monoisotopic (exact) mass is 541 g/mol. The van der Waals surface area contributed by atoms with Crippen LogP contribution >= 0.6 is 0 Å². The number of nitrogens with one attached hydrogen (secondary N) is 2. The van der Waals surface area contributed by atoms with E-state index in [-0.39, 0.29) is 0 Å². The summed E-state index contributed by atoms with van der Waals surface area (Å²) >= 11 is 0. The number of allylic oxidation sites excluding steroid dienone is 1. The molecule has 0 spiro atoms. The first kappa shape index (κ1) is 28.0. The van der Waals surface area contributed by atoms with Crippen molar-refractivity contribution in [1.29, 1.82) is 0 Å². The second-order valence-corrected chi connectivity index (χ2v) is 10.9. The van der Waals surface area contributed by atoms with E-state index in [2.05, 4.69) is 73.3 Å². The van der Waals surface area contributed by atoms with Crippen LogP contribution in [-0.4, -0.2) is 69.8 Å². The topological polar surface area (TPSA) is 52.5 Å². The van der Waals surface area contributed by atoms with Crippen LogP contribution in [0.4, 0.5) is 0 Å². The molecule has 3 N–H and O–H groups in total. The van der Waals surface area contributed by atoms with Crippen molar-refractivity contribution in [2.75, 3.05) is 54.0 Å². The lowest BCUT2D eigenvalue weighted by molar-refractivity contribution is -1.00. The molecule has 0 amide bonds. The molecule has 1 saturated heterocycles. The summed E-state index contributed by atoms with van der Waals surface area (Å²) in [5, 5.41) is 12.4. The molecule has 1 aliphatic heterocycles. The number of ether oxygens (including phenoxy) is 2. The number of benzene rings is 3. The Morgan fingerprint density at radius 3 is 1.98 bits per heavy atom. The fourth-order valence-electron chi connectivity index (χ4n) is 6.03. The van der Waals surface area contributed by atoms with Crippen molar-refractivity contribution >= 4 is 22.0 Å². The molecule has 6 nitrogen and oxygen atoms in total. The van der Waals surface area contributed by atoms with Gasteiger partial charge in [-0.3, -0.25) is 0 Å². The summed E-state index contributed by atoms with van der Waals surface area (Å²) in [6, 6.07) is 25.2. The van der Waals surface area contributed by atoms with Crippen molar-refractivity contribution in [3.63, 3.8) is 0 Å². The molecule has 0 aliphatic carbocycles. The molecule has 1 aromatic heterocycles. The van der Waals surface area contributed by atoms with E-state index in [0.717, 1.165) is 54.2 Å². The Kier molecular flexibility index (Phi) is 8.90. The zero-order valence-electron chi connectivity index (χ0n) is 24.2. The number of aliphatic hydroxyl groups is 1. The molecule has 1 fully saturated rings. The van der Waals surface area contributed by atoms with E-state index in [1.807, 2.05) is 24.3 Å². The largest absolute Gasteiger partial charge is 0.497 e. The van der Waals surface area contributed by atoms with E-state index in [9.17, 15) is 5.11 Å². The van der Waals surface area contributed by atoms with Gasteiger partial charge < -0.3 is 28.9 Å². The number of fused-ring (bicyclic) bond motifs is 1. The summed E-state index contributed by atoms with van der Waals surface area (Å²) in [6.07, 6.45) is 2.72. The number of quaternary nitrogens is 2. The SMILES string of the molecule is CCC(=C(c1ccc(OC)cc1)c1ccc(OC)cc1)c1cn(C[C@H](O)C[NH+]2CC[NH+](C)CC2)c2ccccc12. The van der Waals surface area contributed by atoms with Gasteiger partial charge >= 0.3 is 0 Å².